The molecule has 0 unspecified atom stereocenters. The molecule has 10 nitrogen and oxygen atoms in total. The molecule has 0 heterocycles. The Balaban J connectivity index is 0. The Morgan fingerprint density at radius 1 is 1.04 bits per heavy atom. The number of rotatable bonds is 10. The van der Waals surface area contributed by atoms with Gasteiger partial charge in [0.05, 0.1) is 34.2 Å². The standard InChI is InChI=1S/C13H25NO9.Ca.2H/c1-14(2,3)5-7(4-9(17)18)23-13(22)12(21)11(20)10(19)8(16)6-15;;;/h7-8,10-12,15-16,19-21H,4-6H2,1-3H3;;;/p+1/t7-,8-,10-,11+,12-;;;/m1.../s1. The van der Waals surface area contributed by atoms with Crippen LogP contribution in [-0.4, -0.2) is 150 Å². The van der Waals surface area contributed by atoms with Gasteiger partial charge in [0, 0.05) is 0 Å². The van der Waals surface area contributed by atoms with Crippen LogP contribution >= 0.6 is 0 Å². The molecule has 0 radical (unpaired) electrons. The molecule has 0 saturated heterocycles. The van der Waals surface area contributed by atoms with Crippen molar-refractivity contribution in [3.8, 4) is 0 Å². The van der Waals surface area contributed by atoms with Gasteiger partial charge in [0.1, 0.15) is 24.9 Å². The Kier molecular flexibility index (Phi) is 12.6. The summed E-state index contributed by atoms with van der Waals surface area (Å²) >= 11 is 0. The quantitative estimate of drug-likeness (QED) is 0.124. The molecule has 0 aromatic carbocycles. The van der Waals surface area contributed by atoms with Crippen molar-refractivity contribution in [2.75, 3.05) is 34.3 Å². The third kappa shape index (κ3) is 10.1. The third-order valence-corrected chi connectivity index (χ3v) is 2.93. The molecule has 11 heteroatoms. The van der Waals surface area contributed by atoms with E-state index in [2.05, 4.69) is 0 Å². The molecule has 0 aliphatic carbocycles. The number of nitrogens with zero attached hydrogens (tertiary/aromatic N) is 1. The van der Waals surface area contributed by atoms with E-state index in [1.165, 1.54) is 0 Å². The van der Waals surface area contributed by atoms with Crippen LogP contribution in [0.3, 0.4) is 0 Å². The molecule has 0 aliphatic rings. The molecular formula is C13H28CaNO9+. The van der Waals surface area contributed by atoms with Crippen molar-refractivity contribution in [1.29, 1.82) is 0 Å². The summed E-state index contributed by atoms with van der Waals surface area (Å²) in [5.74, 6) is -2.54. The van der Waals surface area contributed by atoms with Crippen LogP contribution in [0.25, 0.3) is 0 Å². The van der Waals surface area contributed by atoms with Gasteiger partial charge in [0.2, 0.25) is 0 Å². The second-order valence-corrected chi connectivity index (χ2v) is 6.31. The van der Waals surface area contributed by atoms with Gasteiger partial charge >= 0.3 is 49.7 Å². The predicted molar refractivity (Wildman–Crippen MR) is 84.7 cm³/mol. The molecule has 0 fully saturated rings. The van der Waals surface area contributed by atoms with Crippen molar-refractivity contribution in [3.63, 3.8) is 0 Å². The normalized spacial score (nSPS) is 17.8. The second kappa shape index (κ2) is 11.6. The first kappa shape index (κ1) is 26.2. The summed E-state index contributed by atoms with van der Waals surface area (Å²) in [6.07, 6.45) is -9.57. The van der Waals surface area contributed by atoms with Crippen molar-refractivity contribution < 1.29 is 49.4 Å². The fourth-order valence-corrected chi connectivity index (χ4v) is 1.84. The van der Waals surface area contributed by atoms with Crippen molar-refractivity contribution >= 4 is 49.7 Å². The van der Waals surface area contributed by atoms with Crippen LogP contribution in [-0.2, 0) is 14.3 Å². The molecule has 0 bridgehead atoms. The molecule has 140 valence electrons. The summed E-state index contributed by atoms with van der Waals surface area (Å²) in [7, 11) is 5.24. The summed E-state index contributed by atoms with van der Waals surface area (Å²) in [5.41, 5.74) is 0. The number of aliphatic hydroxyl groups is 5. The molecule has 0 amide bonds. The SMILES string of the molecule is C[N+](C)(C)C[C@@H](CC(=O)O)OC(=O)[C@H](O)[C@@H](O)[C@H](O)[C@H](O)CO.[CaH2]. The van der Waals surface area contributed by atoms with Crippen LogP contribution in [0.4, 0.5) is 0 Å². The van der Waals surface area contributed by atoms with Crippen LogP contribution in [0, 0.1) is 0 Å². The summed E-state index contributed by atoms with van der Waals surface area (Å²) in [5, 5.41) is 55.4. The number of carboxylic acids is 1. The van der Waals surface area contributed by atoms with Gasteiger partial charge in [-0.25, -0.2) is 4.79 Å². The van der Waals surface area contributed by atoms with E-state index in [-0.39, 0.29) is 48.8 Å². The molecule has 6 N–H and O–H groups in total. The van der Waals surface area contributed by atoms with E-state index in [1.807, 2.05) is 0 Å². The average Bonchev–Trinajstić information content (AvgIpc) is 2.41. The van der Waals surface area contributed by atoms with Crippen LogP contribution in [0.5, 0.6) is 0 Å². The Labute approximate surface area is 169 Å². The topological polar surface area (TPSA) is 165 Å². The van der Waals surface area contributed by atoms with E-state index in [4.69, 9.17) is 14.9 Å². The molecule has 5 atom stereocenters. The van der Waals surface area contributed by atoms with Gasteiger partial charge in [-0.3, -0.25) is 4.79 Å². The van der Waals surface area contributed by atoms with E-state index < -0.39 is 55.5 Å². The molecule has 0 aromatic rings. The van der Waals surface area contributed by atoms with Gasteiger partial charge in [0.25, 0.3) is 0 Å². The van der Waals surface area contributed by atoms with E-state index in [9.17, 15) is 30.0 Å². The minimum atomic E-state index is -2.20. The zero-order valence-electron chi connectivity index (χ0n) is 13.4. The summed E-state index contributed by atoms with van der Waals surface area (Å²) in [6.45, 7) is -0.744. The Morgan fingerprint density at radius 2 is 1.54 bits per heavy atom. The molecule has 0 saturated carbocycles. The van der Waals surface area contributed by atoms with E-state index in [1.54, 1.807) is 21.1 Å². The van der Waals surface area contributed by atoms with Gasteiger partial charge in [-0.15, -0.1) is 0 Å². The van der Waals surface area contributed by atoms with Gasteiger partial charge < -0.3 is 39.9 Å². The number of hydrogen-bond donors (Lipinski definition) is 6. The van der Waals surface area contributed by atoms with Crippen LogP contribution < -0.4 is 0 Å². The monoisotopic (exact) mass is 382 g/mol. The van der Waals surface area contributed by atoms with Crippen LogP contribution in [0.1, 0.15) is 6.42 Å². The molecule has 0 aliphatic heterocycles. The number of aliphatic hydroxyl groups excluding tert-OH is 5. The fraction of sp³-hybridized carbons (Fsp3) is 0.846. The maximum absolute atomic E-state index is 11.8. The predicted octanol–water partition coefficient (Wildman–Crippen LogP) is -4.40. The van der Waals surface area contributed by atoms with Crippen LogP contribution in [0.15, 0.2) is 0 Å². The van der Waals surface area contributed by atoms with Crippen molar-refractivity contribution in [2.45, 2.75) is 36.9 Å². The first-order valence-electron chi connectivity index (χ1n) is 6.95. The Morgan fingerprint density at radius 3 is 1.92 bits per heavy atom. The van der Waals surface area contributed by atoms with E-state index in [0.717, 1.165) is 0 Å². The Bertz CT molecular complexity index is 401. The van der Waals surface area contributed by atoms with Gasteiger partial charge in [-0.05, 0) is 0 Å². The average molecular weight is 382 g/mol. The van der Waals surface area contributed by atoms with Gasteiger partial charge in [-0.1, -0.05) is 0 Å². The molecular weight excluding hydrogens is 354 g/mol. The maximum atomic E-state index is 11.8. The Hall–Kier alpha value is -0.0403. The number of carbonyl (C=O) groups is 2. The van der Waals surface area contributed by atoms with Crippen molar-refractivity contribution in [2.24, 2.45) is 0 Å². The molecule has 0 rings (SSSR count). The number of quaternary nitrogens is 1. The summed E-state index contributed by atoms with van der Waals surface area (Å²) in [6, 6.07) is 0. The van der Waals surface area contributed by atoms with Crippen molar-refractivity contribution in [3.05, 3.63) is 0 Å². The minimum absolute atomic E-state index is 0. The number of aliphatic carboxylic acids is 1. The summed E-state index contributed by atoms with van der Waals surface area (Å²) < 4.78 is 5.17. The zero-order valence-corrected chi connectivity index (χ0v) is 13.4. The van der Waals surface area contributed by atoms with E-state index >= 15 is 0 Å². The number of likely N-dealkylation sites (N-methyl/N-ethyl adjacent to an activating group) is 1. The number of esters is 1. The van der Waals surface area contributed by atoms with E-state index in [0.29, 0.717) is 0 Å². The zero-order chi connectivity index (χ0) is 18.4. The first-order chi connectivity index (χ1) is 10.4. The fourth-order valence-electron chi connectivity index (χ4n) is 1.84. The second-order valence-electron chi connectivity index (χ2n) is 6.31. The summed E-state index contributed by atoms with van der Waals surface area (Å²) in [4.78, 5) is 22.6. The molecule has 0 spiro atoms. The number of ether oxygens (including phenoxy) is 1. The van der Waals surface area contributed by atoms with Gasteiger partial charge in [0.15, 0.2) is 12.2 Å². The first-order valence-corrected chi connectivity index (χ1v) is 6.95. The molecule has 0 aromatic heterocycles. The van der Waals surface area contributed by atoms with Crippen molar-refractivity contribution in [1.82, 2.24) is 0 Å². The number of carbonyl (C=O) groups excluding carboxylic acids is 1. The number of carboxylic acid groups (broad SMARTS) is 1. The van der Waals surface area contributed by atoms with Gasteiger partial charge in [-0.2, -0.15) is 0 Å². The molecule has 24 heavy (non-hydrogen) atoms. The third-order valence-electron chi connectivity index (χ3n) is 2.93. The van der Waals surface area contributed by atoms with Crippen LogP contribution in [0.2, 0.25) is 0 Å². The number of hydrogen-bond acceptors (Lipinski definition) is 8.